The van der Waals surface area contributed by atoms with Gasteiger partial charge in [-0.2, -0.15) is 0 Å². The summed E-state index contributed by atoms with van der Waals surface area (Å²) in [5, 5.41) is 0. The van der Waals surface area contributed by atoms with E-state index in [0.717, 1.165) is 27.8 Å². The van der Waals surface area contributed by atoms with Gasteiger partial charge in [0.25, 0.3) is 0 Å². The van der Waals surface area contributed by atoms with E-state index >= 15 is 0 Å². The van der Waals surface area contributed by atoms with E-state index in [-0.39, 0.29) is 0 Å². The molecule has 0 spiro atoms. The van der Waals surface area contributed by atoms with E-state index in [9.17, 15) is 9.36 Å². The molecule has 0 aliphatic heterocycles. The van der Waals surface area contributed by atoms with Crippen molar-refractivity contribution in [2.45, 2.75) is 20.8 Å². The standard InChI is InChI=1S/C16H17O3P/c1-10-9-11(2)15(16(17)19-20-18)12(3)14(10)13-7-5-4-6-8-13/h4-9H,20H2,1-3H3. The smallest absolute Gasteiger partial charge is 0.343 e. The van der Waals surface area contributed by atoms with Crippen LogP contribution in [0.1, 0.15) is 27.0 Å². The molecule has 0 aliphatic rings. The molecule has 4 heteroatoms. The normalized spacial score (nSPS) is 10.9. The Hall–Kier alpha value is -1.86. The van der Waals surface area contributed by atoms with Gasteiger partial charge in [0.2, 0.25) is 8.69 Å². The highest BCUT2D eigenvalue weighted by atomic mass is 31.1. The van der Waals surface area contributed by atoms with Crippen LogP contribution in [0.15, 0.2) is 36.4 Å². The number of aryl methyl sites for hydroxylation is 2. The molecule has 1 unspecified atom stereocenters. The van der Waals surface area contributed by atoms with Crippen molar-refractivity contribution in [2.75, 3.05) is 0 Å². The van der Waals surface area contributed by atoms with Crippen molar-refractivity contribution in [1.29, 1.82) is 0 Å². The van der Waals surface area contributed by atoms with Crippen LogP contribution in [0.3, 0.4) is 0 Å². The Kier molecular flexibility index (Phi) is 4.41. The molecule has 0 aromatic heterocycles. The Bertz CT molecular complexity index is 663. The summed E-state index contributed by atoms with van der Waals surface area (Å²) >= 11 is 0. The molecule has 1 atom stereocenters. The molecular weight excluding hydrogens is 271 g/mol. The SMILES string of the molecule is Cc1cc(C)c(-c2ccccc2)c(C)c1C(=O)O[PH2]=O. The fourth-order valence-corrected chi connectivity index (χ4v) is 2.86. The number of hydrogen-bond acceptors (Lipinski definition) is 3. The van der Waals surface area contributed by atoms with Crippen molar-refractivity contribution >= 4 is 14.7 Å². The lowest BCUT2D eigenvalue weighted by atomic mass is 9.89. The van der Waals surface area contributed by atoms with Crippen LogP contribution < -0.4 is 0 Å². The van der Waals surface area contributed by atoms with Gasteiger partial charge in [0.05, 0.1) is 5.56 Å². The van der Waals surface area contributed by atoms with E-state index in [1.54, 1.807) is 0 Å². The van der Waals surface area contributed by atoms with Gasteiger partial charge >= 0.3 is 5.97 Å². The minimum absolute atomic E-state index is 0.512. The van der Waals surface area contributed by atoms with Gasteiger partial charge in [0.15, 0.2) is 0 Å². The quantitative estimate of drug-likeness (QED) is 0.798. The van der Waals surface area contributed by atoms with Gasteiger partial charge in [-0.05, 0) is 48.6 Å². The van der Waals surface area contributed by atoms with Gasteiger partial charge in [-0.25, -0.2) is 4.79 Å². The van der Waals surface area contributed by atoms with E-state index in [1.165, 1.54) is 0 Å². The third-order valence-corrected chi connectivity index (χ3v) is 3.70. The molecule has 0 fully saturated rings. The molecule has 0 heterocycles. The molecule has 0 aliphatic carbocycles. The predicted molar refractivity (Wildman–Crippen MR) is 81.9 cm³/mol. The zero-order valence-corrected chi connectivity index (χ0v) is 12.9. The first-order valence-electron chi connectivity index (χ1n) is 6.37. The molecule has 104 valence electrons. The highest BCUT2D eigenvalue weighted by molar-refractivity contribution is 7.18. The number of rotatable bonds is 3. The molecule has 2 aromatic carbocycles. The summed E-state index contributed by atoms with van der Waals surface area (Å²) in [5.41, 5.74) is 5.43. The van der Waals surface area contributed by atoms with Crippen LogP contribution in [-0.4, -0.2) is 5.97 Å². The average Bonchev–Trinajstić information content (AvgIpc) is 2.39. The second kappa shape index (κ2) is 6.06. The van der Waals surface area contributed by atoms with Crippen molar-refractivity contribution in [3.63, 3.8) is 0 Å². The maximum absolute atomic E-state index is 12.0. The third kappa shape index (κ3) is 2.68. The lowest BCUT2D eigenvalue weighted by molar-refractivity contribution is 0.0754. The molecule has 0 saturated heterocycles. The Labute approximate surface area is 119 Å². The molecule has 0 N–H and O–H groups in total. The highest BCUT2D eigenvalue weighted by Crippen LogP contribution is 2.32. The Morgan fingerprint density at radius 1 is 1.05 bits per heavy atom. The molecule has 0 saturated carbocycles. The van der Waals surface area contributed by atoms with Crippen LogP contribution in [-0.2, 0) is 9.09 Å². The van der Waals surface area contributed by atoms with Crippen LogP contribution in [0.4, 0.5) is 0 Å². The van der Waals surface area contributed by atoms with Gasteiger partial charge in [-0.1, -0.05) is 36.4 Å². The first-order chi connectivity index (χ1) is 9.56. The number of benzene rings is 2. The Morgan fingerprint density at radius 2 is 1.70 bits per heavy atom. The molecule has 20 heavy (non-hydrogen) atoms. The number of carbonyl (C=O) groups is 1. The average molecular weight is 288 g/mol. The molecular formula is C16H17O3P. The van der Waals surface area contributed by atoms with Gasteiger partial charge in [0, 0.05) is 0 Å². The summed E-state index contributed by atoms with van der Waals surface area (Å²) in [7, 11) is -1.54. The maximum Gasteiger partial charge on any atom is 0.343 e. The Balaban J connectivity index is 2.68. The summed E-state index contributed by atoms with van der Waals surface area (Å²) in [5.74, 6) is -0.512. The Morgan fingerprint density at radius 3 is 2.30 bits per heavy atom. The van der Waals surface area contributed by atoms with Crippen molar-refractivity contribution in [3.8, 4) is 11.1 Å². The molecule has 0 bridgehead atoms. The van der Waals surface area contributed by atoms with Crippen molar-refractivity contribution < 1.29 is 13.9 Å². The lowest BCUT2D eigenvalue weighted by Crippen LogP contribution is -2.07. The van der Waals surface area contributed by atoms with E-state index in [4.69, 9.17) is 4.52 Å². The van der Waals surface area contributed by atoms with Gasteiger partial charge in [-0.15, -0.1) is 0 Å². The van der Waals surface area contributed by atoms with E-state index < -0.39 is 14.7 Å². The maximum atomic E-state index is 12.0. The zero-order valence-electron chi connectivity index (χ0n) is 11.8. The molecule has 0 amide bonds. The van der Waals surface area contributed by atoms with E-state index in [2.05, 4.69) is 0 Å². The predicted octanol–water partition coefficient (Wildman–Crippen LogP) is 4.11. The minimum Gasteiger partial charge on any atom is -0.413 e. The fourth-order valence-electron chi connectivity index (χ4n) is 2.65. The molecule has 2 rings (SSSR count). The van der Waals surface area contributed by atoms with Crippen LogP contribution in [0.2, 0.25) is 0 Å². The summed E-state index contributed by atoms with van der Waals surface area (Å²) in [6.07, 6.45) is 0. The highest BCUT2D eigenvalue weighted by Gasteiger charge is 2.18. The van der Waals surface area contributed by atoms with Crippen molar-refractivity contribution in [2.24, 2.45) is 0 Å². The van der Waals surface area contributed by atoms with Crippen molar-refractivity contribution in [1.82, 2.24) is 0 Å². The summed E-state index contributed by atoms with van der Waals surface area (Å²) in [6.45, 7) is 5.79. The third-order valence-electron chi connectivity index (χ3n) is 3.39. The first-order valence-corrected chi connectivity index (χ1v) is 7.31. The van der Waals surface area contributed by atoms with E-state index in [1.807, 2.05) is 57.2 Å². The first kappa shape index (κ1) is 14.5. The van der Waals surface area contributed by atoms with Crippen LogP contribution in [0, 0.1) is 20.8 Å². The van der Waals surface area contributed by atoms with Crippen LogP contribution in [0.5, 0.6) is 0 Å². The van der Waals surface area contributed by atoms with E-state index in [0.29, 0.717) is 5.56 Å². The van der Waals surface area contributed by atoms with Crippen molar-refractivity contribution in [3.05, 3.63) is 58.7 Å². The second-order valence-corrected chi connectivity index (χ2v) is 5.18. The molecule has 0 radical (unpaired) electrons. The van der Waals surface area contributed by atoms with Crippen LogP contribution >= 0.6 is 8.69 Å². The summed E-state index contributed by atoms with van der Waals surface area (Å²) in [4.78, 5) is 12.0. The van der Waals surface area contributed by atoms with Gasteiger partial charge < -0.3 is 4.52 Å². The zero-order chi connectivity index (χ0) is 14.7. The van der Waals surface area contributed by atoms with Gasteiger partial charge in [0.1, 0.15) is 0 Å². The fraction of sp³-hybridized carbons (Fsp3) is 0.188. The molecule has 2 aromatic rings. The van der Waals surface area contributed by atoms with Crippen LogP contribution in [0.25, 0.3) is 11.1 Å². The lowest BCUT2D eigenvalue weighted by Gasteiger charge is -2.16. The summed E-state index contributed by atoms with van der Waals surface area (Å²) < 4.78 is 15.3. The number of carbonyl (C=O) groups excluding carboxylic acids is 1. The minimum atomic E-state index is -1.54. The second-order valence-electron chi connectivity index (χ2n) is 4.75. The monoisotopic (exact) mass is 288 g/mol. The summed E-state index contributed by atoms with van der Waals surface area (Å²) in [6, 6.07) is 11.9. The largest absolute Gasteiger partial charge is 0.413 e. The van der Waals surface area contributed by atoms with Gasteiger partial charge in [-0.3, -0.25) is 4.57 Å². The number of hydrogen-bond donors (Lipinski definition) is 0. The molecule has 3 nitrogen and oxygen atoms in total. The topological polar surface area (TPSA) is 43.4 Å².